The van der Waals surface area contributed by atoms with Gasteiger partial charge in [-0.2, -0.15) is 0 Å². The number of piperidine rings is 1. The van der Waals surface area contributed by atoms with E-state index >= 15 is 0 Å². The van der Waals surface area contributed by atoms with E-state index in [9.17, 15) is 9.00 Å². The van der Waals surface area contributed by atoms with Crippen molar-refractivity contribution in [1.29, 1.82) is 0 Å². The predicted octanol–water partition coefficient (Wildman–Crippen LogP) is 3.51. The molecule has 1 amide bonds. The maximum absolute atomic E-state index is 13.1. The van der Waals surface area contributed by atoms with Crippen molar-refractivity contribution in [1.82, 2.24) is 14.1 Å². The van der Waals surface area contributed by atoms with Crippen molar-refractivity contribution in [2.24, 2.45) is 0 Å². The summed E-state index contributed by atoms with van der Waals surface area (Å²) < 4.78 is 20.1. The predicted molar refractivity (Wildman–Crippen MR) is 156 cm³/mol. The molecule has 2 aromatic carbocycles. The molecule has 208 valence electrons. The van der Waals surface area contributed by atoms with Crippen LogP contribution in [0.1, 0.15) is 30.4 Å². The lowest BCUT2D eigenvalue weighted by atomic mass is 10.0. The number of anilines is 2. The fraction of sp³-hybridized carbons (Fsp3) is 0.552. The molecule has 38 heavy (non-hydrogen) atoms. The van der Waals surface area contributed by atoms with Crippen molar-refractivity contribution in [2.45, 2.75) is 44.0 Å². The summed E-state index contributed by atoms with van der Waals surface area (Å²) in [6.07, 6.45) is 2.66. The van der Waals surface area contributed by atoms with Gasteiger partial charge in [-0.05, 0) is 81.3 Å². The van der Waals surface area contributed by atoms with E-state index in [1.807, 2.05) is 38.1 Å². The van der Waals surface area contributed by atoms with Crippen LogP contribution < -0.4 is 15.0 Å². The second-order valence-electron chi connectivity index (χ2n) is 10.6. The van der Waals surface area contributed by atoms with E-state index in [1.165, 1.54) is 44.7 Å². The monoisotopic (exact) mass is 541 g/mol. The molecule has 0 aliphatic carbocycles. The Balaban J connectivity index is 1.23. The Morgan fingerprint density at radius 1 is 1.03 bits per heavy atom. The maximum atomic E-state index is 13.1. The summed E-state index contributed by atoms with van der Waals surface area (Å²) >= 11 is 0. The van der Waals surface area contributed by atoms with E-state index in [-0.39, 0.29) is 12.3 Å². The minimum atomic E-state index is -1.35. The quantitative estimate of drug-likeness (QED) is 0.524. The van der Waals surface area contributed by atoms with Gasteiger partial charge in [-0.25, -0.2) is 8.51 Å². The fourth-order valence-corrected chi connectivity index (χ4v) is 6.69. The van der Waals surface area contributed by atoms with Crippen molar-refractivity contribution in [2.75, 3.05) is 77.2 Å². The molecular weight excluding hydrogens is 498 g/mol. The third kappa shape index (κ3) is 7.14. The first-order valence-electron chi connectivity index (χ1n) is 13.6. The molecular formula is C29H43N5O3S. The Labute approximate surface area is 230 Å². The average molecular weight is 542 g/mol. The van der Waals surface area contributed by atoms with Gasteiger partial charge in [0.05, 0.1) is 12.0 Å². The van der Waals surface area contributed by atoms with Crippen LogP contribution in [0.25, 0.3) is 0 Å². The highest BCUT2D eigenvalue weighted by Crippen LogP contribution is 2.27. The molecule has 2 aliphatic rings. The van der Waals surface area contributed by atoms with Gasteiger partial charge in [0.2, 0.25) is 5.91 Å². The number of benzene rings is 2. The summed E-state index contributed by atoms with van der Waals surface area (Å²) in [6.45, 7) is 11.1. The van der Waals surface area contributed by atoms with Gasteiger partial charge in [0.1, 0.15) is 16.7 Å². The van der Waals surface area contributed by atoms with Crippen molar-refractivity contribution >= 4 is 28.3 Å². The summed E-state index contributed by atoms with van der Waals surface area (Å²) in [5, 5.41) is 2.99. The fourth-order valence-electron chi connectivity index (χ4n) is 5.46. The number of rotatable bonds is 9. The first-order chi connectivity index (χ1) is 18.2. The van der Waals surface area contributed by atoms with E-state index in [0.717, 1.165) is 40.5 Å². The number of aryl methyl sites for hydroxylation is 2. The van der Waals surface area contributed by atoms with Gasteiger partial charge in [0, 0.05) is 76.7 Å². The zero-order valence-electron chi connectivity index (χ0n) is 23.5. The summed E-state index contributed by atoms with van der Waals surface area (Å²) in [6, 6.07) is 12.6. The largest absolute Gasteiger partial charge is 0.497 e. The molecule has 1 N–H and O–H groups in total. The van der Waals surface area contributed by atoms with Crippen LogP contribution in [0.4, 0.5) is 11.4 Å². The molecule has 2 aliphatic heterocycles. The topological polar surface area (TPSA) is 68.4 Å². The molecule has 2 saturated heterocycles. The van der Waals surface area contributed by atoms with Gasteiger partial charge < -0.3 is 19.9 Å². The standard InChI is InChI=1S/C29H43N5O3S/c1-22-20-27(37-5)21-23(2)29(22)38(36)32(4)13-12-28(35)30-24-6-8-25(9-7-24)33-14-10-26(11-15-33)34-18-16-31(3)17-19-34/h6-9,20-21,26H,10-19H2,1-5H3,(H,30,35). The minimum Gasteiger partial charge on any atom is -0.497 e. The molecule has 0 saturated carbocycles. The van der Waals surface area contributed by atoms with E-state index < -0.39 is 11.0 Å². The number of piperazine rings is 1. The molecule has 2 fully saturated rings. The number of carbonyl (C=O) groups is 1. The van der Waals surface area contributed by atoms with E-state index in [1.54, 1.807) is 18.5 Å². The highest BCUT2D eigenvalue weighted by molar-refractivity contribution is 7.82. The van der Waals surface area contributed by atoms with Crippen LogP contribution in [0.3, 0.4) is 0 Å². The molecule has 1 unspecified atom stereocenters. The van der Waals surface area contributed by atoms with Gasteiger partial charge in [0.25, 0.3) is 0 Å². The Morgan fingerprint density at radius 3 is 2.21 bits per heavy atom. The van der Waals surface area contributed by atoms with Crippen LogP contribution >= 0.6 is 0 Å². The molecule has 8 nitrogen and oxygen atoms in total. The number of carbonyl (C=O) groups excluding carboxylic acids is 1. The van der Waals surface area contributed by atoms with E-state index in [0.29, 0.717) is 12.6 Å². The van der Waals surface area contributed by atoms with Crippen molar-refractivity contribution in [3.8, 4) is 5.75 Å². The highest BCUT2D eigenvalue weighted by atomic mass is 32.2. The Kier molecular flexibility index (Phi) is 9.81. The van der Waals surface area contributed by atoms with E-state index in [4.69, 9.17) is 4.74 Å². The molecule has 2 aromatic rings. The highest BCUT2D eigenvalue weighted by Gasteiger charge is 2.26. The number of hydrogen-bond donors (Lipinski definition) is 1. The van der Waals surface area contributed by atoms with Crippen LogP contribution in [0, 0.1) is 13.8 Å². The lowest BCUT2D eigenvalue weighted by Crippen LogP contribution is -2.52. The lowest BCUT2D eigenvalue weighted by molar-refractivity contribution is -0.116. The SMILES string of the molecule is COc1cc(C)c(S(=O)N(C)CCC(=O)Nc2ccc(N3CCC(N4CCN(C)CC4)CC3)cc2)c(C)c1. The van der Waals surface area contributed by atoms with Crippen LogP contribution in [0.2, 0.25) is 0 Å². The molecule has 1 atom stereocenters. The van der Waals surface area contributed by atoms with Crippen LogP contribution in [0.15, 0.2) is 41.3 Å². The molecule has 2 heterocycles. The number of ether oxygens (including phenoxy) is 1. The second-order valence-corrected chi connectivity index (χ2v) is 12.1. The van der Waals surface area contributed by atoms with Crippen LogP contribution in [-0.4, -0.2) is 97.3 Å². The second kappa shape index (κ2) is 13.1. The maximum Gasteiger partial charge on any atom is 0.225 e. The molecule has 0 spiro atoms. The van der Waals surface area contributed by atoms with Gasteiger partial charge in [-0.1, -0.05) is 0 Å². The van der Waals surface area contributed by atoms with Gasteiger partial charge in [-0.3, -0.25) is 9.69 Å². The summed E-state index contributed by atoms with van der Waals surface area (Å²) in [7, 11) is 4.27. The lowest BCUT2D eigenvalue weighted by Gasteiger charge is -2.42. The van der Waals surface area contributed by atoms with Gasteiger partial charge >= 0.3 is 0 Å². The number of nitrogens with one attached hydrogen (secondary N) is 1. The number of nitrogens with zero attached hydrogens (tertiary/aromatic N) is 4. The Hall–Kier alpha value is -2.46. The Bertz CT molecular complexity index is 1090. The first kappa shape index (κ1) is 28.5. The third-order valence-electron chi connectivity index (χ3n) is 7.82. The third-order valence-corrected chi connectivity index (χ3v) is 9.56. The average Bonchev–Trinajstić information content (AvgIpc) is 2.92. The normalized spacial score (nSPS) is 18.5. The smallest absolute Gasteiger partial charge is 0.225 e. The van der Waals surface area contributed by atoms with E-state index in [2.05, 4.69) is 39.2 Å². The molecule has 0 radical (unpaired) electrons. The van der Waals surface area contributed by atoms with Gasteiger partial charge in [-0.15, -0.1) is 0 Å². The molecule has 0 bridgehead atoms. The van der Waals surface area contributed by atoms with Crippen molar-refractivity contribution < 1.29 is 13.7 Å². The number of amides is 1. The van der Waals surface area contributed by atoms with Crippen LogP contribution in [-0.2, 0) is 15.8 Å². The summed E-state index contributed by atoms with van der Waals surface area (Å²) in [5.41, 5.74) is 3.83. The Morgan fingerprint density at radius 2 is 1.63 bits per heavy atom. The number of likely N-dealkylation sites (N-methyl/N-ethyl adjacent to an activating group) is 1. The van der Waals surface area contributed by atoms with Crippen molar-refractivity contribution in [3.63, 3.8) is 0 Å². The molecule has 4 rings (SSSR count). The number of methoxy groups -OCH3 is 1. The van der Waals surface area contributed by atoms with Crippen molar-refractivity contribution in [3.05, 3.63) is 47.5 Å². The molecule has 9 heteroatoms. The summed E-state index contributed by atoms with van der Waals surface area (Å²) in [5.74, 6) is 0.668. The minimum absolute atomic E-state index is 0.0854. The molecule has 0 aromatic heterocycles. The zero-order valence-corrected chi connectivity index (χ0v) is 24.4. The van der Waals surface area contributed by atoms with Crippen LogP contribution in [0.5, 0.6) is 5.75 Å². The number of hydrogen-bond acceptors (Lipinski definition) is 6. The van der Waals surface area contributed by atoms with Gasteiger partial charge in [0.15, 0.2) is 0 Å². The first-order valence-corrected chi connectivity index (χ1v) is 14.7. The zero-order chi connectivity index (χ0) is 27.2. The summed E-state index contributed by atoms with van der Waals surface area (Å²) in [4.78, 5) is 20.9.